The van der Waals surface area contributed by atoms with Gasteiger partial charge in [-0.1, -0.05) is 0 Å². The Hall–Kier alpha value is -1.04. The zero-order valence-corrected chi connectivity index (χ0v) is 9.43. The summed E-state index contributed by atoms with van der Waals surface area (Å²) in [5.74, 6) is -2.71. The highest BCUT2D eigenvalue weighted by Crippen LogP contribution is 2.40. The van der Waals surface area contributed by atoms with Gasteiger partial charge in [0.1, 0.15) is 5.82 Å². The molecule has 0 spiro atoms. The fourth-order valence-electron chi connectivity index (χ4n) is 1.24. The molecule has 2 atom stereocenters. The van der Waals surface area contributed by atoms with Gasteiger partial charge in [0.15, 0.2) is 0 Å². The van der Waals surface area contributed by atoms with Gasteiger partial charge in [-0.05, 0) is 22.8 Å². The average molecular weight is 271 g/mol. The van der Waals surface area contributed by atoms with E-state index in [-0.39, 0.29) is 11.6 Å². The molecule has 2 unspecified atom stereocenters. The van der Waals surface area contributed by atoms with Gasteiger partial charge in [0.25, 0.3) is 0 Å². The van der Waals surface area contributed by atoms with Crippen molar-refractivity contribution in [1.82, 2.24) is 0 Å². The Morgan fingerprint density at radius 2 is 2.00 bits per heavy atom. The molecule has 0 fully saturated rings. The third-order valence-electron chi connectivity index (χ3n) is 2.02. The molecule has 3 nitrogen and oxygen atoms in total. The van der Waals surface area contributed by atoms with Gasteiger partial charge >= 0.3 is 20.0 Å². The summed E-state index contributed by atoms with van der Waals surface area (Å²) in [7, 11) is -1.83. The van der Waals surface area contributed by atoms with E-state index in [9.17, 15) is 22.1 Å². The Bertz CT molecular complexity index is 433. The van der Waals surface area contributed by atoms with E-state index in [1.807, 2.05) is 0 Å². The summed E-state index contributed by atoms with van der Waals surface area (Å²) in [6, 6.07) is 1.68. The van der Waals surface area contributed by atoms with Crippen LogP contribution < -0.4 is 0 Å². The molecule has 0 aliphatic heterocycles. The number of alkyl halides is 3. The van der Waals surface area contributed by atoms with Crippen molar-refractivity contribution in [1.29, 1.82) is 0 Å². The van der Waals surface area contributed by atoms with Gasteiger partial charge in [0, 0.05) is 7.11 Å². The predicted molar refractivity (Wildman–Crippen MR) is 51.0 cm³/mol. The Balaban J connectivity index is 3.18. The molecule has 0 heterocycles. The number of ether oxygens (including phenoxy) is 1. The maximum absolute atomic E-state index is 13.4. The van der Waals surface area contributed by atoms with Crippen LogP contribution in [0.15, 0.2) is 18.2 Å². The highest BCUT2D eigenvalue weighted by Gasteiger charge is 2.36. The number of rotatable bonds is 3. The van der Waals surface area contributed by atoms with Gasteiger partial charge in [-0.3, -0.25) is 0 Å². The number of hydrogen-bond donors (Lipinski definition) is 1. The van der Waals surface area contributed by atoms with Gasteiger partial charge in [-0.2, -0.15) is 18.1 Å². The molecule has 94 valence electrons. The van der Waals surface area contributed by atoms with Crippen LogP contribution in [0.3, 0.4) is 0 Å². The van der Waals surface area contributed by atoms with Crippen molar-refractivity contribution in [2.24, 2.45) is 0 Å². The minimum Gasteiger partial charge on any atom is -0.332 e. The molecule has 1 aromatic rings. The first-order valence-electron chi connectivity index (χ1n) is 4.32. The first-order chi connectivity index (χ1) is 7.77. The molecule has 17 heavy (non-hydrogen) atoms. The average Bonchev–Trinajstić information content (AvgIpc) is 2.19. The van der Waals surface area contributed by atoms with E-state index in [0.29, 0.717) is 6.07 Å². The van der Waals surface area contributed by atoms with Gasteiger partial charge in [0.2, 0.25) is 0 Å². The Morgan fingerprint density at radius 3 is 2.35 bits per heavy atom. The summed E-state index contributed by atoms with van der Waals surface area (Å²) in [5.41, 5.74) is -1.55. The highest BCUT2D eigenvalue weighted by molar-refractivity contribution is 7.38. The summed E-state index contributed by atoms with van der Waals surface area (Å²) < 4.78 is 65.4. The third kappa shape index (κ3) is 3.21. The standard InChI is InChI=1S/C9H7F4O3P/c1-16-8(17(14)15)6-3-2-5(4-7(6)10)9(11,12)13/h2-4,8H,1H3/p+1. The lowest BCUT2D eigenvalue weighted by molar-refractivity contribution is -0.137. The number of benzene rings is 1. The van der Waals surface area contributed by atoms with Crippen LogP contribution >= 0.6 is 8.03 Å². The molecule has 8 heteroatoms. The zero-order valence-electron chi connectivity index (χ0n) is 8.53. The van der Waals surface area contributed by atoms with Crippen molar-refractivity contribution in [3.63, 3.8) is 0 Å². The lowest BCUT2D eigenvalue weighted by Crippen LogP contribution is -2.07. The van der Waals surface area contributed by atoms with Crippen molar-refractivity contribution in [3.05, 3.63) is 35.1 Å². The van der Waals surface area contributed by atoms with E-state index < -0.39 is 31.4 Å². The Kier molecular flexibility index (Phi) is 4.19. The van der Waals surface area contributed by atoms with Crippen LogP contribution in [0.4, 0.5) is 17.6 Å². The molecule has 0 aliphatic rings. The second-order valence-corrected chi connectivity index (χ2v) is 4.20. The summed E-state index contributed by atoms with van der Waals surface area (Å²) in [4.78, 5) is 8.81. The smallest absolute Gasteiger partial charge is 0.332 e. The Morgan fingerprint density at radius 1 is 1.41 bits per heavy atom. The third-order valence-corrected chi connectivity index (χ3v) is 2.91. The van der Waals surface area contributed by atoms with Crippen molar-refractivity contribution >= 4 is 8.03 Å². The second-order valence-electron chi connectivity index (χ2n) is 3.12. The number of methoxy groups -OCH3 is 1. The van der Waals surface area contributed by atoms with Gasteiger partial charge in [-0.15, -0.1) is 0 Å². The summed E-state index contributed by atoms with van der Waals surface area (Å²) in [6.07, 6.45) is -4.66. The van der Waals surface area contributed by atoms with Crippen LogP contribution in [0.1, 0.15) is 17.0 Å². The molecule has 0 radical (unpaired) electrons. The monoisotopic (exact) mass is 271 g/mol. The van der Waals surface area contributed by atoms with E-state index in [1.54, 1.807) is 0 Å². The van der Waals surface area contributed by atoms with E-state index in [0.717, 1.165) is 13.2 Å². The minimum absolute atomic E-state index is 0.264. The lowest BCUT2D eigenvalue weighted by atomic mass is 10.1. The maximum atomic E-state index is 13.4. The number of hydrogen-bond acceptors (Lipinski definition) is 2. The first kappa shape index (κ1) is 14.0. The van der Waals surface area contributed by atoms with Crippen LogP contribution in [0.25, 0.3) is 0 Å². The SMILES string of the molecule is COC(c1ccc(C(F)(F)F)cc1F)[P+](=O)O. The van der Waals surface area contributed by atoms with E-state index >= 15 is 0 Å². The van der Waals surface area contributed by atoms with Gasteiger partial charge < -0.3 is 4.74 Å². The van der Waals surface area contributed by atoms with Crippen molar-refractivity contribution in [2.45, 2.75) is 12.0 Å². The van der Waals surface area contributed by atoms with E-state index in [4.69, 9.17) is 4.89 Å². The predicted octanol–water partition coefficient (Wildman–Crippen LogP) is 3.22. The second kappa shape index (κ2) is 5.08. The van der Waals surface area contributed by atoms with Crippen LogP contribution in [0.2, 0.25) is 0 Å². The van der Waals surface area contributed by atoms with Crippen molar-refractivity contribution in [3.8, 4) is 0 Å². The fraction of sp³-hybridized carbons (Fsp3) is 0.333. The van der Waals surface area contributed by atoms with Crippen molar-refractivity contribution < 1.29 is 31.8 Å². The summed E-state index contributed by atoms with van der Waals surface area (Å²) >= 11 is 0. The molecule has 1 N–H and O–H groups in total. The highest BCUT2D eigenvalue weighted by atomic mass is 31.1. The summed E-state index contributed by atoms with van der Waals surface area (Å²) in [5, 5.41) is 0. The van der Waals surface area contributed by atoms with Crippen LogP contribution in [0, 0.1) is 5.82 Å². The first-order valence-corrected chi connectivity index (χ1v) is 5.60. The molecule has 0 saturated heterocycles. The van der Waals surface area contributed by atoms with E-state index in [2.05, 4.69) is 4.74 Å². The Labute approximate surface area is 94.9 Å². The van der Waals surface area contributed by atoms with Gasteiger partial charge in [0.05, 0.1) is 11.1 Å². The molecule has 1 rings (SSSR count). The van der Waals surface area contributed by atoms with Gasteiger partial charge in [-0.25, -0.2) is 4.39 Å². The molecular weight excluding hydrogens is 263 g/mol. The van der Waals surface area contributed by atoms with Crippen LogP contribution in [-0.2, 0) is 15.5 Å². The largest absolute Gasteiger partial charge is 0.543 e. The molecule has 1 aromatic carbocycles. The van der Waals surface area contributed by atoms with Crippen LogP contribution in [0.5, 0.6) is 0 Å². The fourth-order valence-corrected chi connectivity index (χ4v) is 1.87. The van der Waals surface area contributed by atoms with Crippen molar-refractivity contribution in [2.75, 3.05) is 7.11 Å². The molecule has 0 aromatic heterocycles. The minimum atomic E-state index is -4.66. The lowest BCUT2D eigenvalue weighted by Gasteiger charge is -2.09. The maximum Gasteiger partial charge on any atom is 0.543 e. The quantitative estimate of drug-likeness (QED) is 0.678. The zero-order chi connectivity index (χ0) is 13.2. The van der Waals surface area contributed by atoms with Crippen LogP contribution in [-0.4, -0.2) is 12.0 Å². The normalized spacial score (nSPS) is 14.6. The molecular formula is C9H8F4O3P+. The molecule has 0 bridgehead atoms. The molecule has 0 saturated carbocycles. The molecule has 0 aliphatic carbocycles. The van der Waals surface area contributed by atoms with E-state index in [1.165, 1.54) is 0 Å². The topological polar surface area (TPSA) is 46.5 Å². The number of halogens is 4. The molecule has 0 amide bonds. The summed E-state index contributed by atoms with van der Waals surface area (Å²) in [6.45, 7) is 0.